The summed E-state index contributed by atoms with van der Waals surface area (Å²) < 4.78 is 1.06. The Morgan fingerprint density at radius 1 is 1.47 bits per heavy atom. The maximum atomic E-state index is 6.01. The van der Waals surface area contributed by atoms with Gasteiger partial charge in [-0.25, -0.2) is 9.98 Å². The summed E-state index contributed by atoms with van der Waals surface area (Å²) in [7, 11) is 3.84. The van der Waals surface area contributed by atoms with Gasteiger partial charge < -0.3 is 4.90 Å². The molecule has 0 aliphatic rings. The van der Waals surface area contributed by atoms with Gasteiger partial charge in [-0.05, 0) is 12.1 Å². The van der Waals surface area contributed by atoms with E-state index in [0.717, 1.165) is 15.3 Å². The van der Waals surface area contributed by atoms with E-state index >= 15 is 0 Å². The van der Waals surface area contributed by atoms with E-state index in [0.29, 0.717) is 5.02 Å². The van der Waals surface area contributed by atoms with E-state index in [4.69, 9.17) is 11.6 Å². The number of hydrogen-bond donors (Lipinski definition) is 0. The minimum absolute atomic E-state index is 0.676. The summed E-state index contributed by atoms with van der Waals surface area (Å²) in [6.07, 6.45) is 1.73. The second-order valence-electron chi connectivity index (χ2n) is 3.29. The molecule has 0 saturated heterocycles. The van der Waals surface area contributed by atoms with Crippen LogP contribution in [0.4, 0.5) is 5.13 Å². The normalized spacial score (nSPS) is 11.4. The van der Waals surface area contributed by atoms with Gasteiger partial charge in [0, 0.05) is 14.1 Å². The van der Waals surface area contributed by atoms with Crippen LogP contribution >= 0.6 is 22.9 Å². The molecule has 1 heterocycles. The summed E-state index contributed by atoms with van der Waals surface area (Å²) in [6, 6.07) is 5.75. The number of thiazole rings is 1. The Kier molecular flexibility index (Phi) is 2.88. The number of nitrogens with zero attached hydrogens (tertiary/aromatic N) is 3. The number of rotatable bonds is 2. The lowest BCUT2D eigenvalue weighted by molar-refractivity contribution is 0.643. The fourth-order valence-electron chi connectivity index (χ4n) is 1.12. The number of hydrogen-bond acceptors (Lipinski definition) is 3. The third-order valence-electron chi connectivity index (χ3n) is 1.76. The van der Waals surface area contributed by atoms with Crippen LogP contribution in [-0.2, 0) is 0 Å². The molecule has 0 aliphatic heterocycles. The van der Waals surface area contributed by atoms with Gasteiger partial charge in [-0.3, -0.25) is 0 Å². The third-order valence-corrected chi connectivity index (χ3v) is 2.99. The van der Waals surface area contributed by atoms with Crippen molar-refractivity contribution < 1.29 is 0 Å². The molecule has 5 heteroatoms. The second-order valence-corrected chi connectivity index (χ2v) is 4.71. The van der Waals surface area contributed by atoms with E-state index in [1.807, 2.05) is 37.2 Å². The molecule has 3 nitrogen and oxygen atoms in total. The minimum Gasteiger partial charge on any atom is -0.369 e. The molecule has 0 saturated carbocycles. The highest BCUT2D eigenvalue weighted by Crippen LogP contribution is 2.31. The third kappa shape index (κ3) is 2.27. The van der Waals surface area contributed by atoms with Crippen LogP contribution in [-0.4, -0.2) is 30.3 Å². The molecule has 0 atom stereocenters. The van der Waals surface area contributed by atoms with Crippen molar-refractivity contribution >= 4 is 44.6 Å². The van der Waals surface area contributed by atoms with Crippen molar-refractivity contribution in [3.63, 3.8) is 0 Å². The highest BCUT2D eigenvalue weighted by molar-refractivity contribution is 7.22. The van der Waals surface area contributed by atoms with Crippen LogP contribution in [0.25, 0.3) is 10.2 Å². The maximum absolute atomic E-state index is 6.01. The Hall–Kier alpha value is -1.13. The molecular weight excluding hydrogens is 230 g/mol. The van der Waals surface area contributed by atoms with Crippen molar-refractivity contribution in [1.82, 2.24) is 9.88 Å². The molecule has 0 aliphatic carbocycles. The topological polar surface area (TPSA) is 28.5 Å². The first kappa shape index (κ1) is 10.4. The van der Waals surface area contributed by atoms with Gasteiger partial charge in [0.2, 0.25) is 5.13 Å². The summed E-state index contributed by atoms with van der Waals surface area (Å²) in [5, 5.41) is 1.40. The molecule has 1 aromatic carbocycles. The highest BCUT2D eigenvalue weighted by Gasteiger charge is 2.04. The molecular formula is C10H10ClN3S. The Morgan fingerprint density at radius 3 is 2.93 bits per heavy atom. The molecule has 0 amide bonds. The zero-order chi connectivity index (χ0) is 10.8. The molecule has 1 aromatic heterocycles. The van der Waals surface area contributed by atoms with Gasteiger partial charge in [0.1, 0.15) is 5.52 Å². The number of benzene rings is 1. The van der Waals surface area contributed by atoms with E-state index in [1.54, 1.807) is 6.34 Å². The van der Waals surface area contributed by atoms with Crippen molar-refractivity contribution in [2.75, 3.05) is 14.1 Å². The van der Waals surface area contributed by atoms with Crippen molar-refractivity contribution in [3.8, 4) is 0 Å². The number of aromatic nitrogens is 1. The van der Waals surface area contributed by atoms with Gasteiger partial charge in [-0.15, -0.1) is 0 Å². The first-order valence-electron chi connectivity index (χ1n) is 4.42. The van der Waals surface area contributed by atoms with Crippen molar-refractivity contribution in [3.05, 3.63) is 23.2 Å². The highest BCUT2D eigenvalue weighted by atomic mass is 35.5. The molecule has 2 aromatic rings. The van der Waals surface area contributed by atoms with E-state index in [-0.39, 0.29) is 0 Å². The predicted octanol–water partition coefficient (Wildman–Crippen LogP) is 3.17. The summed E-state index contributed by atoms with van der Waals surface area (Å²) in [6.45, 7) is 0. The zero-order valence-electron chi connectivity index (χ0n) is 8.44. The fraction of sp³-hybridized carbons (Fsp3) is 0.200. The lowest BCUT2D eigenvalue weighted by atomic mass is 10.3. The molecule has 0 unspecified atom stereocenters. The molecule has 15 heavy (non-hydrogen) atoms. The Balaban J connectivity index is 2.43. The number of fused-ring (bicyclic) bond motifs is 1. The summed E-state index contributed by atoms with van der Waals surface area (Å²) >= 11 is 7.55. The predicted molar refractivity (Wildman–Crippen MR) is 66.5 cm³/mol. The SMILES string of the molecule is CN(C)C=Nc1nc2c(Cl)cccc2s1. The number of para-hydroxylation sites is 1. The summed E-state index contributed by atoms with van der Waals surface area (Å²) in [4.78, 5) is 10.4. The van der Waals surface area contributed by atoms with Crippen LogP contribution in [0.1, 0.15) is 0 Å². The van der Waals surface area contributed by atoms with Crippen LogP contribution in [0.3, 0.4) is 0 Å². The molecule has 78 valence electrons. The molecule has 0 N–H and O–H groups in total. The van der Waals surface area contributed by atoms with Gasteiger partial charge in [0.05, 0.1) is 16.1 Å². The van der Waals surface area contributed by atoms with Crippen LogP contribution in [0.2, 0.25) is 5.02 Å². The average Bonchev–Trinajstić information content (AvgIpc) is 2.59. The van der Waals surface area contributed by atoms with Crippen molar-refractivity contribution in [2.24, 2.45) is 4.99 Å². The summed E-state index contributed by atoms with van der Waals surface area (Å²) in [5.74, 6) is 0. The van der Waals surface area contributed by atoms with Gasteiger partial charge in [0.25, 0.3) is 0 Å². The smallest absolute Gasteiger partial charge is 0.211 e. The summed E-state index contributed by atoms with van der Waals surface area (Å²) in [5.41, 5.74) is 0.829. The average molecular weight is 240 g/mol. The van der Waals surface area contributed by atoms with E-state index in [9.17, 15) is 0 Å². The van der Waals surface area contributed by atoms with Crippen molar-refractivity contribution in [2.45, 2.75) is 0 Å². The van der Waals surface area contributed by atoms with Crippen molar-refractivity contribution in [1.29, 1.82) is 0 Å². The first-order valence-corrected chi connectivity index (χ1v) is 5.62. The van der Waals surface area contributed by atoms with E-state index < -0.39 is 0 Å². The minimum atomic E-state index is 0.676. The second kappa shape index (κ2) is 4.16. The lowest BCUT2D eigenvalue weighted by Gasteiger charge is -1.99. The fourth-order valence-corrected chi connectivity index (χ4v) is 2.23. The molecule has 0 radical (unpaired) electrons. The standard InChI is InChI=1S/C10H10ClN3S/c1-14(2)6-12-10-13-9-7(11)4-3-5-8(9)15-10/h3-6H,1-2H3. The molecule has 0 spiro atoms. The lowest BCUT2D eigenvalue weighted by Crippen LogP contribution is -2.06. The molecule has 0 bridgehead atoms. The number of halogens is 1. The largest absolute Gasteiger partial charge is 0.369 e. The number of aliphatic imine (C=N–C) groups is 1. The van der Waals surface area contributed by atoms with Gasteiger partial charge in [0.15, 0.2) is 0 Å². The van der Waals surface area contributed by atoms with E-state index in [2.05, 4.69) is 9.98 Å². The van der Waals surface area contributed by atoms with Gasteiger partial charge >= 0.3 is 0 Å². The van der Waals surface area contributed by atoms with Crippen LogP contribution < -0.4 is 0 Å². The van der Waals surface area contributed by atoms with E-state index in [1.165, 1.54) is 11.3 Å². The zero-order valence-corrected chi connectivity index (χ0v) is 10.0. The quantitative estimate of drug-likeness (QED) is 0.595. The Morgan fingerprint density at radius 2 is 2.27 bits per heavy atom. The van der Waals surface area contributed by atoms with Crippen LogP contribution in [0, 0.1) is 0 Å². The van der Waals surface area contributed by atoms with Crippen LogP contribution in [0.5, 0.6) is 0 Å². The molecule has 0 fully saturated rings. The van der Waals surface area contributed by atoms with Crippen LogP contribution in [0.15, 0.2) is 23.2 Å². The molecule has 2 rings (SSSR count). The van der Waals surface area contributed by atoms with Gasteiger partial charge in [-0.1, -0.05) is 29.0 Å². The Labute approximate surface area is 97.0 Å². The monoisotopic (exact) mass is 239 g/mol. The Bertz CT molecular complexity index is 504. The first-order chi connectivity index (χ1) is 7.16. The van der Waals surface area contributed by atoms with Gasteiger partial charge in [-0.2, -0.15) is 0 Å². The maximum Gasteiger partial charge on any atom is 0.211 e.